The van der Waals surface area contributed by atoms with Crippen molar-refractivity contribution in [1.82, 2.24) is 19.9 Å². The van der Waals surface area contributed by atoms with Crippen LogP contribution in [0.3, 0.4) is 0 Å². The Morgan fingerprint density at radius 3 is 2.92 bits per heavy atom. The molecule has 2 radical (unpaired) electrons. The van der Waals surface area contributed by atoms with Gasteiger partial charge in [0.1, 0.15) is 25.6 Å². The molecule has 25 heavy (non-hydrogen) atoms. The number of nitrogens with one attached hydrogen (secondary N) is 2. The van der Waals surface area contributed by atoms with Gasteiger partial charge in [-0.15, -0.1) is 0 Å². The smallest absolute Gasteiger partial charge is 0.143 e. The third kappa shape index (κ3) is 3.52. The van der Waals surface area contributed by atoms with Crippen molar-refractivity contribution >= 4 is 35.8 Å². The summed E-state index contributed by atoms with van der Waals surface area (Å²) in [5, 5.41) is 4.40. The van der Waals surface area contributed by atoms with Gasteiger partial charge in [-0.05, 0) is 43.6 Å². The predicted octanol–water partition coefficient (Wildman–Crippen LogP) is 1.42. The molecular formula is C18H21BN6. The van der Waals surface area contributed by atoms with Crippen molar-refractivity contribution in [3.8, 4) is 0 Å². The van der Waals surface area contributed by atoms with Gasteiger partial charge in [0.05, 0.1) is 5.39 Å². The second kappa shape index (κ2) is 6.86. The van der Waals surface area contributed by atoms with Crippen molar-refractivity contribution < 1.29 is 0 Å². The molecule has 1 saturated heterocycles. The van der Waals surface area contributed by atoms with Crippen LogP contribution in [-0.4, -0.2) is 46.8 Å². The fourth-order valence-corrected chi connectivity index (χ4v) is 3.35. The lowest BCUT2D eigenvalue weighted by molar-refractivity contribution is 0.206. The topological polar surface area (TPSA) is 82.9 Å². The molecule has 0 aliphatic carbocycles. The number of fused-ring (bicyclic) bond motifs is 1. The first-order valence-electron chi connectivity index (χ1n) is 8.60. The molecule has 1 aromatic carbocycles. The van der Waals surface area contributed by atoms with Crippen LogP contribution < -0.4 is 16.5 Å². The standard InChI is InChI=1S/C18H21BN6/c19-13-2-1-3-15(8-13)24-18-16-12(9-21-17(16)22-11-23-18)10-25-6-4-14(20)5-7-25/h1-3,8-9,11,14H,4-7,10,20H2,(H2,21,22,23,24). The molecule has 0 atom stereocenters. The number of rotatable bonds is 4. The van der Waals surface area contributed by atoms with Crippen LogP contribution in [0.5, 0.6) is 0 Å². The van der Waals surface area contributed by atoms with E-state index in [-0.39, 0.29) is 0 Å². The first kappa shape index (κ1) is 16.1. The van der Waals surface area contributed by atoms with Crippen molar-refractivity contribution in [2.24, 2.45) is 5.73 Å². The van der Waals surface area contributed by atoms with Gasteiger partial charge in [-0.1, -0.05) is 17.6 Å². The maximum Gasteiger partial charge on any atom is 0.143 e. The number of benzene rings is 1. The van der Waals surface area contributed by atoms with Gasteiger partial charge in [-0.25, -0.2) is 9.97 Å². The molecular weight excluding hydrogens is 311 g/mol. The number of nitrogens with zero attached hydrogens (tertiary/aromatic N) is 3. The fraction of sp³-hybridized carbons (Fsp3) is 0.333. The maximum atomic E-state index is 6.01. The Hall–Kier alpha value is -2.38. The van der Waals surface area contributed by atoms with Gasteiger partial charge >= 0.3 is 0 Å². The predicted molar refractivity (Wildman–Crippen MR) is 101 cm³/mol. The Labute approximate surface area is 148 Å². The van der Waals surface area contributed by atoms with Crippen molar-refractivity contribution in [3.63, 3.8) is 0 Å². The monoisotopic (exact) mass is 332 g/mol. The molecule has 2 aromatic heterocycles. The number of hydrogen-bond acceptors (Lipinski definition) is 5. The molecule has 1 aliphatic heterocycles. The molecule has 0 unspecified atom stereocenters. The average Bonchev–Trinajstić information content (AvgIpc) is 3.01. The van der Waals surface area contributed by atoms with Crippen molar-refractivity contribution in [2.75, 3.05) is 18.4 Å². The van der Waals surface area contributed by atoms with Crippen molar-refractivity contribution in [2.45, 2.75) is 25.4 Å². The highest BCUT2D eigenvalue weighted by atomic mass is 15.1. The van der Waals surface area contributed by atoms with E-state index in [1.807, 2.05) is 30.5 Å². The lowest BCUT2D eigenvalue weighted by Crippen LogP contribution is -2.39. The van der Waals surface area contributed by atoms with Crippen LogP contribution in [0.2, 0.25) is 0 Å². The van der Waals surface area contributed by atoms with E-state index in [9.17, 15) is 0 Å². The van der Waals surface area contributed by atoms with Gasteiger partial charge in [0.25, 0.3) is 0 Å². The number of aromatic amines is 1. The molecule has 0 saturated carbocycles. The Morgan fingerprint density at radius 2 is 2.12 bits per heavy atom. The molecule has 3 aromatic rings. The summed E-state index contributed by atoms with van der Waals surface area (Å²) in [5.74, 6) is 0.792. The van der Waals surface area contributed by atoms with Gasteiger partial charge in [-0.2, -0.15) is 0 Å². The van der Waals surface area contributed by atoms with Gasteiger partial charge in [0.15, 0.2) is 0 Å². The van der Waals surface area contributed by atoms with E-state index in [2.05, 4.69) is 25.2 Å². The molecule has 6 nitrogen and oxygen atoms in total. The van der Waals surface area contributed by atoms with Gasteiger partial charge in [0.2, 0.25) is 0 Å². The first-order valence-corrected chi connectivity index (χ1v) is 8.60. The third-order valence-corrected chi connectivity index (χ3v) is 4.73. The van der Waals surface area contributed by atoms with Crippen LogP contribution in [0.15, 0.2) is 36.8 Å². The normalized spacial score (nSPS) is 16.4. The number of likely N-dealkylation sites (tertiary alicyclic amines) is 1. The highest BCUT2D eigenvalue weighted by Crippen LogP contribution is 2.27. The van der Waals surface area contributed by atoms with E-state index >= 15 is 0 Å². The van der Waals surface area contributed by atoms with Crippen molar-refractivity contribution in [3.05, 3.63) is 42.4 Å². The number of anilines is 2. The summed E-state index contributed by atoms with van der Waals surface area (Å²) < 4.78 is 0. The minimum absolute atomic E-state index is 0.336. The zero-order chi connectivity index (χ0) is 17.2. The summed E-state index contributed by atoms with van der Waals surface area (Å²) >= 11 is 0. The molecule has 0 spiro atoms. The molecule has 126 valence electrons. The van der Waals surface area contributed by atoms with E-state index in [1.165, 1.54) is 5.56 Å². The van der Waals surface area contributed by atoms with Gasteiger partial charge in [-0.3, -0.25) is 4.90 Å². The molecule has 3 heterocycles. The highest BCUT2D eigenvalue weighted by molar-refractivity contribution is 6.32. The van der Waals surface area contributed by atoms with Crippen LogP contribution in [0.4, 0.5) is 11.5 Å². The van der Waals surface area contributed by atoms with Crippen LogP contribution in [0.1, 0.15) is 18.4 Å². The summed E-state index contributed by atoms with van der Waals surface area (Å²) in [6.07, 6.45) is 5.69. The Balaban J connectivity index is 1.62. The Morgan fingerprint density at radius 1 is 1.28 bits per heavy atom. The lowest BCUT2D eigenvalue weighted by Gasteiger charge is -2.29. The molecule has 1 fully saturated rings. The third-order valence-electron chi connectivity index (χ3n) is 4.73. The second-order valence-electron chi connectivity index (χ2n) is 6.62. The number of piperidine rings is 1. The second-order valence-corrected chi connectivity index (χ2v) is 6.62. The highest BCUT2D eigenvalue weighted by Gasteiger charge is 2.19. The van der Waals surface area contributed by atoms with Crippen LogP contribution in [0, 0.1) is 0 Å². The summed E-state index contributed by atoms with van der Waals surface area (Å²) in [6.45, 7) is 2.92. The van der Waals surface area contributed by atoms with E-state index < -0.39 is 0 Å². The lowest BCUT2D eigenvalue weighted by atomic mass is 9.96. The molecule has 0 amide bonds. The van der Waals surface area contributed by atoms with E-state index in [0.717, 1.165) is 55.0 Å². The fourth-order valence-electron chi connectivity index (χ4n) is 3.35. The summed E-state index contributed by atoms with van der Waals surface area (Å²) in [4.78, 5) is 14.5. The van der Waals surface area contributed by atoms with Crippen LogP contribution in [0.25, 0.3) is 11.0 Å². The molecule has 0 bridgehead atoms. The van der Waals surface area contributed by atoms with E-state index in [4.69, 9.17) is 13.6 Å². The van der Waals surface area contributed by atoms with Crippen LogP contribution in [-0.2, 0) is 6.54 Å². The number of nitrogens with two attached hydrogens (primary N) is 1. The SMILES string of the molecule is [B]c1cccc(Nc2ncnc3[nH]cc(CN4CCC(N)CC4)c23)c1. The molecule has 4 N–H and O–H groups in total. The largest absolute Gasteiger partial charge is 0.346 e. The van der Waals surface area contributed by atoms with E-state index in [1.54, 1.807) is 6.33 Å². The zero-order valence-electron chi connectivity index (χ0n) is 14.1. The summed E-state index contributed by atoms with van der Waals surface area (Å²) in [6, 6.07) is 7.99. The summed E-state index contributed by atoms with van der Waals surface area (Å²) in [7, 11) is 5.87. The maximum absolute atomic E-state index is 6.01. The number of hydrogen-bond donors (Lipinski definition) is 3. The number of aromatic nitrogens is 3. The minimum Gasteiger partial charge on any atom is -0.346 e. The Kier molecular flexibility index (Phi) is 4.42. The minimum atomic E-state index is 0.336. The Bertz CT molecular complexity index is 869. The van der Waals surface area contributed by atoms with Gasteiger partial charge < -0.3 is 16.0 Å². The number of H-pyrrole nitrogens is 1. The zero-order valence-corrected chi connectivity index (χ0v) is 14.1. The molecule has 4 rings (SSSR count). The molecule has 1 aliphatic rings. The molecule has 7 heteroatoms. The summed E-state index contributed by atoms with van der Waals surface area (Å²) in [5.41, 5.74) is 9.67. The first-order chi connectivity index (χ1) is 12.2. The van der Waals surface area contributed by atoms with Gasteiger partial charge in [0, 0.05) is 24.5 Å². The quantitative estimate of drug-likeness (QED) is 0.630. The van der Waals surface area contributed by atoms with Crippen LogP contribution >= 0.6 is 0 Å². The average molecular weight is 332 g/mol. The van der Waals surface area contributed by atoms with Crippen molar-refractivity contribution in [1.29, 1.82) is 0 Å². The van der Waals surface area contributed by atoms with E-state index in [0.29, 0.717) is 11.5 Å².